The van der Waals surface area contributed by atoms with Crippen molar-refractivity contribution in [1.29, 1.82) is 0 Å². The van der Waals surface area contributed by atoms with E-state index in [9.17, 15) is 9.59 Å². The summed E-state index contributed by atoms with van der Waals surface area (Å²) in [5, 5.41) is 5.25. The van der Waals surface area contributed by atoms with Gasteiger partial charge < -0.3 is 20.1 Å². The van der Waals surface area contributed by atoms with Gasteiger partial charge in [0.05, 0.1) is 20.8 Å². The van der Waals surface area contributed by atoms with Crippen molar-refractivity contribution in [3.8, 4) is 11.5 Å². The predicted octanol–water partition coefficient (Wildman–Crippen LogP) is 2.07. The number of ether oxygens (including phenoxy) is 2. The maximum Gasteiger partial charge on any atom is 0.251 e. The Hall–Kier alpha value is -3.02. The fourth-order valence-electron chi connectivity index (χ4n) is 1.97. The van der Waals surface area contributed by atoms with Gasteiger partial charge in [0.15, 0.2) is 11.5 Å². The van der Waals surface area contributed by atoms with Crippen LogP contribution in [0.25, 0.3) is 0 Å². The number of carbonyl (C=O) groups excluding carboxylic acids is 2. The minimum Gasteiger partial charge on any atom is -0.493 e. The smallest absolute Gasteiger partial charge is 0.251 e. The topological polar surface area (TPSA) is 76.7 Å². The van der Waals surface area contributed by atoms with Gasteiger partial charge in [-0.2, -0.15) is 0 Å². The van der Waals surface area contributed by atoms with E-state index in [0.29, 0.717) is 22.7 Å². The Balaban J connectivity index is 1.91. The van der Waals surface area contributed by atoms with Crippen LogP contribution in [0, 0.1) is 0 Å². The van der Waals surface area contributed by atoms with Crippen molar-refractivity contribution in [2.75, 3.05) is 26.1 Å². The lowest BCUT2D eigenvalue weighted by molar-refractivity contribution is -0.115. The quantitative estimate of drug-likeness (QED) is 0.856. The Morgan fingerprint density at radius 2 is 1.65 bits per heavy atom. The van der Waals surface area contributed by atoms with Crippen LogP contribution in [0.1, 0.15) is 10.4 Å². The van der Waals surface area contributed by atoms with Crippen LogP contribution in [0.2, 0.25) is 0 Å². The van der Waals surface area contributed by atoms with Gasteiger partial charge in [-0.15, -0.1) is 0 Å². The first-order valence-electron chi connectivity index (χ1n) is 6.99. The van der Waals surface area contributed by atoms with Gasteiger partial charge in [-0.05, 0) is 24.3 Å². The summed E-state index contributed by atoms with van der Waals surface area (Å²) in [4.78, 5) is 23.8. The molecule has 0 unspecified atom stereocenters. The molecule has 0 radical (unpaired) electrons. The van der Waals surface area contributed by atoms with Gasteiger partial charge in [0, 0.05) is 17.3 Å². The van der Waals surface area contributed by atoms with Crippen molar-refractivity contribution in [1.82, 2.24) is 5.32 Å². The Bertz CT molecular complexity index is 686. The summed E-state index contributed by atoms with van der Waals surface area (Å²) < 4.78 is 10.3. The molecule has 2 N–H and O–H groups in total. The maximum absolute atomic E-state index is 11.9. The first-order chi connectivity index (χ1) is 11.1. The zero-order chi connectivity index (χ0) is 16.7. The number of anilines is 1. The molecule has 0 atom stereocenters. The van der Waals surface area contributed by atoms with Gasteiger partial charge >= 0.3 is 0 Å². The van der Waals surface area contributed by atoms with Gasteiger partial charge in [-0.1, -0.05) is 18.2 Å². The molecular formula is C17H18N2O4. The van der Waals surface area contributed by atoms with Crippen LogP contribution in [-0.4, -0.2) is 32.6 Å². The lowest BCUT2D eigenvalue weighted by atomic mass is 10.2. The SMILES string of the molecule is COc1ccc(NC(=O)CNC(=O)c2ccccc2)cc1OC. The molecule has 6 nitrogen and oxygen atoms in total. The van der Waals surface area contributed by atoms with Gasteiger partial charge in [0.1, 0.15) is 0 Å². The van der Waals surface area contributed by atoms with Crippen molar-refractivity contribution in [3.05, 3.63) is 54.1 Å². The maximum atomic E-state index is 11.9. The summed E-state index contributed by atoms with van der Waals surface area (Å²) in [6, 6.07) is 13.7. The average molecular weight is 314 g/mol. The van der Waals surface area contributed by atoms with E-state index in [1.54, 1.807) is 42.5 Å². The number of rotatable bonds is 6. The Morgan fingerprint density at radius 3 is 2.30 bits per heavy atom. The van der Waals surface area contributed by atoms with Crippen LogP contribution in [0.3, 0.4) is 0 Å². The molecular weight excluding hydrogens is 296 g/mol. The molecule has 2 aromatic carbocycles. The zero-order valence-electron chi connectivity index (χ0n) is 13.0. The number of carbonyl (C=O) groups is 2. The summed E-state index contributed by atoms with van der Waals surface area (Å²) in [7, 11) is 3.05. The summed E-state index contributed by atoms with van der Waals surface area (Å²) in [6.45, 7) is -0.123. The molecule has 23 heavy (non-hydrogen) atoms. The molecule has 2 amide bonds. The van der Waals surface area contributed by atoms with E-state index in [1.807, 2.05) is 6.07 Å². The van der Waals surface area contributed by atoms with E-state index in [4.69, 9.17) is 9.47 Å². The normalized spacial score (nSPS) is 9.83. The second-order valence-electron chi connectivity index (χ2n) is 4.67. The van der Waals surface area contributed by atoms with Gasteiger partial charge in [0.25, 0.3) is 5.91 Å². The van der Waals surface area contributed by atoms with Gasteiger partial charge in [0.2, 0.25) is 5.91 Å². The Labute approximate surface area is 134 Å². The highest BCUT2D eigenvalue weighted by Crippen LogP contribution is 2.29. The second kappa shape index (κ2) is 7.84. The number of amides is 2. The molecule has 0 saturated carbocycles. The molecule has 0 bridgehead atoms. The van der Waals surface area contributed by atoms with Gasteiger partial charge in [-0.3, -0.25) is 9.59 Å². The average Bonchev–Trinajstić information content (AvgIpc) is 2.60. The zero-order valence-corrected chi connectivity index (χ0v) is 13.0. The molecule has 0 aliphatic rings. The third-order valence-electron chi connectivity index (χ3n) is 3.11. The molecule has 0 aromatic heterocycles. The monoisotopic (exact) mass is 314 g/mol. The first-order valence-corrected chi connectivity index (χ1v) is 6.99. The Morgan fingerprint density at radius 1 is 0.957 bits per heavy atom. The van der Waals surface area contributed by atoms with Crippen LogP contribution in [0.15, 0.2) is 48.5 Å². The molecule has 6 heteroatoms. The highest BCUT2D eigenvalue weighted by atomic mass is 16.5. The largest absolute Gasteiger partial charge is 0.493 e. The minimum absolute atomic E-state index is 0.123. The summed E-state index contributed by atoms with van der Waals surface area (Å²) >= 11 is 0. The van der Waals surface area contributed by atoms with Crippen LogP contribution in [0.4, 0.5) is 5.69 Å². The number of hydrogen-bond donors (Lipinski definition) is 2. The molecule has 0 saturated heterocycles. The van der Waals surface area contributed by atoms with Crippen LogP contribution in [-0.2, 0) is 4.79 Å². The van der Waals surface area contributed by atoms with Crippen molar-refractivity contribution in [2.45, 2.75) is 0 Å². The van der Waals surface area contributed by atoms with E-state index in [1.165, 1.54) is 14.2 Å². The highest BCUT2D eigenvalue weighted by Gasteiger charge is 2.09. The van der Waals surface area contributed by atoms with Gasteiger partial charge in [-0.25, -0.2) is 0 Å². The fraction of sp³-hybridized carbons (Fsp3) is 0.176. The van der Waals surface area contributed by atoms with E-state index < -0.39 is 0 Å². The summed E-state index contributed by atoms with van der Waals surface area (Å²) in [6.07, 6.45) is 0. The van der Waals surface area contributed by atoms with Crippen LogP contribution in [0.5, 0.6) is 11.5 Å². The summed E-state index contributed by atoms with van der Waals surface area (Å²) in [5.74, 6) is 0.455. The van der Waals surface area contributed by atoms with Crippen molar-refractivity contribution >= 4 is 17.5 Å². The third-order valence-corrected chi connectivity index (χ3v) is 3.11. The lowest BCUT2D eigenvalue weighted by Crippen LogP contribution is -2.32. The third kappa shape index (κ3) is 4.47. The van der Waals surface area contributed by atoms with Crippen molar-refractivity contribution < 1.29 is 19.1 Å². The van der Waals surface area contributed by atoms with E-state index >= 15 is 0 Å². The number of methoxy groups -OCH3 is 2. The minimum atomic E-state index is -0.332. The fourth-order valence-corrected chi connectivity index (χ4v) is 1.97. The van der Waals surface area contributed by atoms with E-state index in [-0.39, 0.29) is 18.4 Å². The Kier molecular flexibility index (Phi) is 5.57. The second-order valence-corrected chi connectivity index (χ2v) is 4.67. The molecule has 0 aliphatic carbocycles. The standard InChI is InChI=1S/C17H18N2O4/c1-22-14-9-8-13(10-15(14)23-2)19-16(20)11-18-17(21)12-6-4-3-5-7-12/h3-10H,11H2,1-2H3,(H,18,21)(H,19,20). The summed E-state index contributed by atoms with van der Waals surface area (Å²) in [5.41, 5.74) is 1.06. The van der Waals surface area contributed by atoms with Crippen LogP contribution < -0.4 is 20.1 Å². The molecule has 0 heterocycles. The molecule has 0 fully saturated rings. The molecule has 0 aliphatic heterocycles. The predicted molar refractivity (Wildman–Crippen MR) is 87.0 cm³/mol. The van der Waals surface area contributed by atoms with Crippen LogP contribution >= 0.6 is 0 Å². The molecule has 2 rings (SSSR count). The molecule has 2 aromatic rings. The van der Waals surface area contributed by atoms with Crippen molar-refractivity contribution in [3.63, 3.8) is 0 Å². The first kappa shape index (κ1) is 16.4. The lowest BCUT2D eigenvalue weighted by Gasteiger charge is -2.11. The number of nitrogens with one attached hydrogen (secondary N) is 2. The molecule has 0 spiro atoms. The highest BCUT2D eigenvalue weighted by molar-refractivity contribution is 5.99. The number of benzene rings is 2. The van der Waals surface area contributed by atoms with E-state index in [0.717, 1.165) is 0 Å². The van der Waals surface area contributed by atoms with Crippen molar-refractivity contribution in [2.24, 2.45) is 0 Å². The number of hydrogen-bond acceptors (Lipinski definition) is 4. The molecule has 120 valence electrons. The van der Waals surface area contributed by atoms with E-state index in [2.05, 4.69) is 10.6 Å².